The molecule has 0 fully saturated rings. The topological polar surface area (TPSA) is 46.1 Å². The predicted molar refractivity (Wildman–Crippen MR) is 82.6 cm³/mol. The Morgan fingerprint density at radius 1 is 1.30 bits per heavy atom. The zero-order valence-electron chi connectivity index (χ0n) is 12.3. The zero-order valence-corrected chi connectivity index (χ0v) is 12.3. The molecule has 0 saturated heterocycles. The fourth-order valence-electron chi connectivity index (χ4n) is 2.38. The normalized spacial score (nSPS) is 10.9. The van der Waals surface area contributed by atoms with Crippen molar-refractivity contribution in [3.05, 3.63) is 36.0 Å². The van der Waals surface area contributed by atoms with Crippen LogP contribution in [0, 0.1) is 0 Å². The molecule has 20 heavy (non-hydrogen) atoms. The maximum atomic E-state index is 11.9. The number of hydrogen-bond acceptors (Lipinski definition) is 2. The summed E-state index contributed by atoms with van der Waals surface area (Å²) < 4.78 is 2.01. The highest BCUT2D eigenvalue weighted by molar-refractivity contribution is 5.85. The van der Waals surface area contributed by atoms with E-state index in [2.05, 4.69) is 35.8 Å². The Morgan fingerprint density at radius 3 is 2.90 bits per heavy atom. The van der Waals surface area contributed by atoms with Gasteiger partial charge in [0.05, 0.1) is 0 Å². The van der Waals surface area contributed by atoms with Gasteiger partial charge in [0.25, 0.3) is 0 Å². The van der Waals surface area contributed by atoms with E-state index < -0.39 is 0 Å². The zero-order chi connectivity index (χ0) is 14.4. The van der Waals surface area contributed by atoms with Crippen LogP contribution in [0.1, 0.15) is 25.3 Å². The van der Waals surface area contributed by atoms with Gasteiger partial charge in [0, 0.05) is 30.2 Å². The Kier molecular flexibility index (Phi) is 5.18. The highest BCUT2D eigenvalue weighted by atomic mass is 16.1. The lowest BCUT2D eigenvalue weighted by Gasteiger charge is -2.08. The van der Waals surface area contributed by atoms with Crippen molar-refractivity contribution in [2.75, 3.05) is 13.6 Å². The second-order valence-corrected chi connectivity index (χ2v) is 5.03. The molecule has 0 atom stereocenters. The van der Waals surface area contributed by atoms with Gasteiger partial charge in [0.2, 0.25) is 5.91 Å². The van der Waals surface area contributed by atoms with Gasteiger partial charge in [0.15, 0.2) is 0 Å². The van der Waals surface area contributed by atoms with E-state index in [1.807, 2.05) is 23.9 Å². The summed E-state index contributed by atoms with van der Waals surface area (Å²) in [6, 6.07) is 8.31. The van der Waals surface area contributed by atoms with Crippen molar-refractivity contribution in [1.29, 1.82) is 0 Å². The smallest absolute Gasteiger partial charge is 0.239 e. The van der Waals surface area contributed by atoms with Gasteiger partial charge in [-0.15, -0.1) is 0 Å². The summed E-state index contributed by atoms with van der Waals surface area (Å²) in [7, 11) is 1.94. The number of rotatable bonds is 7. The highest BCUT2D eigenvalue weighted by Crippen LogP contribution is 2.20. The molecular weight excluding hydrogens is 250 g/mol. The van der Waals surface area contributed by atoms with Crippen molar-refractivity contribution in [3.8, 4) is 0 Å². The van der Waals surface area contributed by atoms with E-state index in [9.17, 15) is 4.79 Å². The molecule has 1 heterocycles. The number of aromatic nitrogens is 1. The highest BCUT2D eigenvalue weighted by Gasteiger charge is 2.08. The minimum absolute atomic E-state index is 0.0787. The van der Waals surface area contributed by atoms with Crippen molar-refractivity contribution < 1.29 is 4.79 Å². The van der Waals surface area contributed by atoms with Crippen molar-refractivity contribution in [3.63, 3.8) is 0 Å². The maximum Gasteiger partial charge on any atom is 0.239 e. The second kappa shape index (κ2) is 7.10. The van der Waals surface area contributed by atoms with Crippen LogP contribution in [0.5, 0.6) is 0 Å². The van der Waals surface area contributed by atoms with Crippen molar-refractivity contribution in [2.45, 2.75) is 32.9 Å². The van der Waals surface area contributed by atoms with Gasteiger partial charge in [-0.3, -0.25) is 4.79 Å². The number of unbranched alkanes of at least 4 members (excludes halogenated alkanes) is 1. The van der Waals surface area contributed by atoms with Crippen molar-refractivity contribution in [1.82, 2.24) is 15.2 Å². The second-order valence-electron chi connectivity index (χ2n) is 5.03. The number of amides is 1. The van der Waals surface area contributed by atoms with Gasteiger partial charge >= 0.3 is 0 Å². The number of benzene rings is 1. The monoisotopic (exact) mass is 273 g/mol. The van der Waals surface area contributed by atoms with Gasteiger partial charge in [-0.1, -0.05) is 25.5 Å². The summed E-state index contributed by atoms with van der Waals surface area (Å²) >= 11 is 0. The average Bonchev–Trinajstić information content (AvgIpc) is 2.84. The summed E-state index contributed by atoms with van der Waals surface area (Å²) in [5, 5.41) is 7.34. The molecule has 108 valence electrons. The third-order valence-corrected chi connectivity index (χ3v) is 3.44. The molecule has 0 spiro atoms. The minimum atomic E-state index is 0.0787. The maximum absolute atomic E-state index is 11.9. The molecule has 0 aliphatic carbocycles. The average molecular weight is 273 g/mol. The number of carbonyl (C=O) groups is 1. The summed E-state index contributed by atoms with van der Waals surface area (Å²) in [5.41, 5.74) is 2.37. The fourth-order valence-corrected chi connectivity index (χ4v) is 2.38. The van der Waals surface area contributed by atoms with E-state index >= 15 is 0 Å². The van der Waals surface area contributed by atoms with Crippen LogP contribution in [-0.2, 0) is 17.9 Å². The SMILES string of the molecule is CCCCNC(=O)Cn1ccc2c(CNC)cccc21. The molecule has 2 N–H and O–H groups in total. The number of fused-ring (bicyclic) bond motifs is 1. The Labute approximate surface area is 120 Å². The van der Waals surface area contributed by atoms with Crippen LogP contribution in [0.25, 0.3) is 10.9 Å². The van der Waals surface area contributed by atoms with Crippen LogP contribution in [-0.4, -0.2) is 24.1 Å². The van der Waals surface area contributed by atoms with Gasteiger partial charge in [-0.05, 0) is 31.2 Å². The van der Waals surface area contributed by atoms with E-state index in [4.69, 9.17) is 0 Å². The lowest BCUT2D eigenvalue weighted by molar-refractivity contribution is -0.121. The first kappa shape index (κ1) is 14.6. The van der Waals surface area contributed by atoms with Crippen LogP contribution in [0.3, 0.4) is 0 Å². The Balaban J connectivity index is 2.11. The molecule has 1 amide bonds. The van der Waals surface area contributed by atoms with Crippen LogP contribution in [0.15, 0.2) is 30.5 Å². The van der Waals surface area contributed by atoms with Crippen LogP contribution in [0.2, 0.25) is 0 Å². The standard InChI is InChI=1S/C16H23N3O/c1-3-4-9-18-16(20)12-19-10-8-14-13(11-17-2)6-5-7-15(14)19/h5-8,10,17H,3-4,9,11-12H2,1-2H3,(H,18,20). The molecule has 0 bridgehead atoms. The number of carbonyl (C=O) groups excluding carboxylic acids is 1. The number of hydrogen-bond donors (Lipinski definition) is 2. The lowest BCUT2D eigenvalue weighted by Crippen LogP contribution is -2.28. The summed E-state index contributed by atoms with van der Waals surface area (Å²) in [4.78, 5) is 11.9. The summed E-state index contributed by atoms with van der Waals surface area (Å²) in [5.74, 6) is 0.0787. The van der Waals surface area contributed by atoms with Gasteiger partial charge in [-0.2, -0.15) is 0 Å². The van der Waals surface area contributed by atoms with Crippen LogP contribution >= 0.6 is 0 Å². The molecule has 0 saturated carbocycles. The van der Waals surface area contributed by atoms with E-state index in [-0.39, 0.29) is 5.91 Å². The third-order valence-electron chi connectivity index (χ3n) is 3.44. The minimum Gasteiger partial charge on any atom is -0.355 e. The predicted octanol–water partition coefficient (Wildman–Crippen LogP) is 2.28. The lowest BCUT2D eigenvalue weighted by atomic mass is 10.1. The first-order valence-electron chi connectivity index (χ1n) is 7.24. The van der Waals surface area contributed by atoms with E-state index in [0.29, 0.717) is 6.54 Å². The van der Waals surface area contributed by atoms with Crippen molar-refractivity contribution in [2.24, 2.45) is 0 Å². The molecular formula is C16H23N3O. The molecule has 1 aromatic heterocycles. The Morgan fingerprint density at radius 2 is 2.15 bits per heavy atom. The molecule has 2 rings (SSSR count). The summed E-state index contributed by atoms with van der Waals surface area (Å²) in [6.07, 6.45) is 4.12. The molecule has 0 radical (unpaired) electrons. The largest absolute Gasteiger partial charge is 0.355 e. The molecule has 4 nitrogen and oxygen atoms in total. The van der Waals surface area contributed by atoms with Crippen LogP contribution < -0.4 is 10.6 Å². The first-order valence-corrected chi connectivity index (χ1v) is 7.24. The quantitative estimate of drug-likeness (QED) is 0.760. The summed E-state index contributed by atoms with van der Waals surface area (Å²) in [6.45, 7) is 4.11. The molecule has 0 aliphatic rings. The number of nitrogens with one attached hydrogen (secondary N) is 2. The Hall–Kier alpha value is -1.81. The number of nitrogens with zero attached hydrogens (tertiary/aromatic N) is 1. The fraction of sp³-hybridized carbons (Fsp3) is 0.438. The molecule has 1 aromatic carbocycles. The molecule has 4 heteroatoms. The Bertz CT molecular complexity index is 574. The molecule has 0 unspecified atom stereocenters. The third kappa shape index (κ3) is 3.39. The molecule has 0 aliphatic heterocycles. The van der Waals surface area contributed by atoms with Gasteiger partial charge in [0.1, 0.15) is 6.54 Å². The van der Waals surface area contributed by atoms with E-state index in [0.717, 1.165) is 31.4 Å². The first-order chi connectivity index (χ1) is 9.76. The van der Waals surface area contributed by atoms with E-state index in [1.54, 1.807) is 0 Å². The molecule has 2 aromatic rings. The van der Waals surface area contributed by atoms with E-state index in [1.165, 1.54) is 10.9 Å². The van der Waals surface area contributed by atoms with Crippen molar-refractivity contribution >= 4 is 16.8 Å². The van der Waals surface area contributed by atoms with Gasteiger partial charge in [-0.25, -0.2) is 0 Å². The van der Waals surface area contributed by atoms with Crippen LogP contribution in [0.4, 0.5) is 0 Å². The van der Waals surface area contributed by atoms with Gasteiger partial charge < -0.3 is 15.2 Å².